The van der Waals surface area contributed by atoms with Gasteiger partial charge < -0.3 is 21.1 Å². The van der Waals surface area contributed by atoms with Crippen LogP contribution in [0.15, 0.2) is 48.5 Å². The van der Waals surface area contributed by atoms with E-state index in [1.54, 1.807) is 0 Å². The molecule has 122 valence electrons. The molecular weight excluding hydrogens is 286 g/mol. The SMILES string of the molecule is Nc1ccc(CCN2CCC(Oc3ccc(N)cc3)CC2)cc1. The summed E-state index contributed by atoms with van der Waals surface area (Å²) in [5, 5.41) is 0. The van der Waals surface area contributed by atoms with Crippen LogP contribution in [0.4, 0.5) is 11.4 Å². The van der Waals surface area contributed by atoms with Gasteiger partial charge in [0.05, 0.1) is 0 Å². The molecule has 1 aliphatic heterocycles. The Balaban J connectivity index is 1.41. The fraction of sp³-hybridized carbons (Fsp3) is 0.368. The van der Waals surface area contributed by atoms with Crippen molar-refractivity contribution in [3.8, 4) is 5.75 Å². The molecule has 0 amide bonds. The number of rotatable bonds is 5. The molecule has 23 heavy (non-hydrogen) atoms. The maximum atomic E-state index is 6.04. The summed E-state index contributed by atoms with van der Waals surface area (Å²) in [4.78, 5) is 2.51. The third kappa shape index (κ3) is 4.63. The average molecular weight is 311 g/mol. The molecule has 0 bridgehead atoms. The molecule has 0 aliphatic carbocycles. The summed E-state index contributed by atoms with van der Waals surface area (Å²) >= 11 is 0. The van der Waals surface area contributed by atoms with E-state index in [4.69, 9.17) is 16.2 Å². The number of likely N-dealkylation sites (tertiary alicyclic amines) is 1. The van der Waals surface area contributed by atoms with Crippen LogP contribution in [0.2, 0.25) is 0 Å². The average Bonchev–Trinajstić information content (AvgIpc) is 2.58. The van der Waals surface area contributed by atoms with Gasteiger partial charge in [0.2, 0.25) is 0 Å². The van der Waals surface area contributed by atoms with E-state index < -0.39 is 0 Å². The second-order valence-corrected chi connectivity index (χ2v) is 6.22. The van der Waals surface area contributed by atoms with Crippen LogP contribution in [0.3, 0.4) is 0 Å². The molecule has 1 fully saturated rings. The van der Waals surface area contributed by atoms with Gasteiger partial charge in [0, 0.05) is 31.0 Å². The van der Waals surface area contributed by atoms with Gasteiger partial charge in [0.25, 0.3) is 0 Å². The lowest BCUT2D eigenvalue weighted by Crippen LogP contribution is -2.39. The van der Waals surface area contributed by atoms with Crippen LogP contribution in [0.5, 0.6) is 5.75 Å². The van der Waals surface area contributed by atoms with E-state index in [9.17, 15) is 0 Å². The summed E-state index contributed by atoms with van der Waals surface area (Å²) in [5.74, 6) is 0.916. The van der Waals surface area contributed by atoms with E-state index in [-0.39, 0.29) is 0 Å². The number of hydrogen-bond donors (Lipinski definition) is 2. The molecule has 0 atom stereocenters. The van der Waals surface area contributed by atoms with Gasteiger partial charge >= 0.3 is 0 Å². The molecule has 0 spiro atoms. The predicted molar refractivity (Wildman–Crippen MR) is 95.5 cm³/mol. The van der Waals surface area contributed by atoms with Gasteiger partial charge in [-0.05, 0) is 61.2 Å². The number of hydrogen-bond acceptors (Lipinski definition) is 4. The first-order chi connectivity index (χ1) is 11.2. The molecular formula is C19H25N3O. The molecule has 1 heterocycles. The predicted octanol–water partition coefficient (Wildman–Crippen LogP) is 2.94. The monoisotopic (exact) mass is 311 g/mol. The fourth-order valence-corrected chi connectivity index (χ4v) is 2.96. The van der Waals surface area contributed by atoms with E-state index in [0.29, 0.717) is 6.10 Å². The zero-order valence-corrected chi connectivity index (χ0v) is 13.4. The Labute approximate surface area is 138 Å². The number of nitrogens with zero attached hydrogens (tertiary/aromatic N) is 1. The number of anilines is 2. The molecule has 1 saturated heterocycles. The van der Waals surface area contributed by atoms with Gasteiger partial charge in [-0.25, -0.2) is 0 Å². The first kappa shape index (κ1) is 15.7. The fourth-order valence-electron chi connectivity index (χ4n) is 2.96. The number of nitrogens with two attached hydrogens (primary N) is 2. The molecule has 0 aromatic heterocycles. The van der Waals surface area contributed by atoms with Crippen molar-refractivity contribution in [2.45, 2.75) is 25.4 Å². The molecule has 0 saturated carbocycles. The van der Waals surface area contributed by atoms with Crippen molar-refractivity contribution in [2.75, 3.05) is 31.1 Å². The highest BCUT2D eigenvalue weighted by Crippen LogP contribution is 2.20. The lowest BCUT2D eigenvalue weighted by Gasteiger charge is -2.32. The van der Waals surface area contributed by atoms with Crippen LogP contribution in [-0.2, 0) is 6.42 Å². The summed E-state index contributed by atoms with van der Waals surface area (Å²) in [5.41, 5.74) is 14.4. The third-order valence-electron chi connectivity index (χ3n) is 4.41. The molecule has 3 rings (SSSR count). The Morgan fingerprint density at radius 2 is 1.43 bits per heavy atom. The first-order valence-electron chi connectivity index (χ1n) is 8.28. The number of benzene rings is 2. The second kappa shape index (κ2) is 7.38. The Morgan fingerprint density at radius 3 is 2.04 bits per heavy atom. The van der Waals surface area contributed by atoms with Crippen LogP contribution in [0.1, 0.15) is 18.4 Å². The number of piperidine rings is 1. The van der Waals surface area contributed by atoms with Crippen LogP contribution in [0.25, 0.3) is 0 Å². The third-order valence-corrected chi connectivity index (χ3v) is 4.41. The first-order valence-corrected chi connectivity index (χ1v) is 8.28. The molecule has 2 aromatic rings. The smallest absolute Gasteiger partial charge is 0.119 e. The normalized spacial score (nSPS) is 16.3. The van der Waals surface area contributed by atoms with Crippen molar-refractivity contribution in [2.24, 2.45) is 0 Å². The molecule has 4 N–H and O–H groups in total. The minimum atomic E-state index is 0.311. The van der Waals surface area contributed by atoms with Crippen molar-refractivity contribution in [3.05, 3.63) is 54.1 Å². The lowest BCUT2D eigenvalue weighted by molar-refractivity contribution is 0.101. The van der Waals surface area contributed by atoms with Crippen LogP contribution < -0.4 is 16.2 Å². The van der Waals surface area contributed by atoms with E-state index >= 15 is 0 Å². The zero-order chi connectivity index (χ0) is 16.1. The molecule has 2 aromatic carbocycles. The molecule has 0 unspecified atom stereocenters. The van der Waals surface area contributed by atoms with E-state index in [2.05, 4.69) is 17.0 Å². The largest absolute Gasteiger partial charge is 0.490 e. The van der Waals surface area contributed by atoms with Crippen molar-refractivity contribution in [3.63, 3.8) is 0 Å². The highest BCUT2D eigenvalue weighted by atomic mass is 16.5. The second-order valence-electron chi connectivity index (χ2n) is 6.22. The van der Waals surface area contributed by atoms with Crippen molar-refractivity contribution in [1.82, 2.24) is 4.90 Å². The maximum absolute atomic E-state index is 6.04. The molecule has 0 radical (unpaired) electrons. The Bertz CT molecular complexity index is 602. The highest BCUT2D eigenvalue weighted by molar-refractivity contribution is 5.41. The van der Waals surface area contributed by atoms with Crippen LogP contribution in [-0.4, -0.2) is 30.6 Å². The van der Waals surface area contributed by atoms with Crippen molar-refractivity contribution in [1.29, 1.82) is 0 Å². The maximum Gasteiger partial charge on any atom is 0.119 e. The van der Waals surface area contributed by atoms with Gasteiger partial charge in [-0.2, -0.15) is 0 Å². The molecule has 4 nitrogen and oxygen atoms in total. The Kier molecular flexibility index (Phi) is 5.03. The minimum absolute atomic E-state index is 0.311. The molecule has 4 heteroatoms. The van der Waals surface area contributed by atoms with Crippen LogP contribution in [0, 0.1) is 0 Å². The van der Waals surface area contributed by atoms with E-state index in [1.807, 2.05) is 36.4 Å². The summed E-state index contributed by atoms with van der Waals surface area (Å²) in [6.07, 6.45) is 3.54. The van der Waals surface area contributed by atoms with Gasteiger partial charge in [-0.15, -0.1) is 0 Å². The van der Waals surface area contributed by atoms with Gasteiger partial charge in [-0.3, -0.25) is 0 Å². The summed E-state index contributed by atoms with van der Waals surface area (Å²) < 4.78 is 6.04. The van der Waals surface area contributed by atoms with Gasteiger partial charge in [-0.1, -0.05) is 12.1 Å². The lowest BCUT2D eigenvalue weighted by atomic mass is 10.1. The summed E-state index contributed by atoms with van der Waals surface area (Å²) in [6.45, 7) is 3.28. The summed E-state index contributed by atoms with van der Waals surface area (Å²) in [7, 11) is 0. The van der Waals surface area contributed by atoms with E-state index in [1.165, 1.54) is 5.56 Å². The van der Waals surface area contributed by atoms with E-state index in [0.717, 1.165) is 56.0 Å². The Hall–Kier alpha value is -2.20. The van der Waals surface area contributed by atoms with Gasteiger partial charge in [0.15, 0.2) is 0 Å². The Morgan fingerprint density at radius 1 is 0.870 bits per heavy atom. The topological polar surface area (TPSA) is 64.5 Å². The van der Waals surface area contributed by atoms with Crippen LogP contribution >= 0.6 is 0 Å². The standard InChI is InChI=1S/C19H25N3O/c20-16-3-1-15(2-4-16)9-12-22-13-10-19(11-14-22)23-18-7-5-17(21)6-8-18/h1-8,19H,9-14,20-21H2. The van der Waals surface area contributed by atoms with Crippen molar-refractivity contribution >= 4 is 11.4 Å². The summed E-state index contributed by atoms with van der Waals surface area (Å²) in [6, 6.07) is 15.8. The number of nitrogen functional groups attached to an aromatic ring is 2. The quantitative estimate of drug-likeness (QED) is 0.833. The molecule has 1 aliphatic rings. The zero-order valence-electron chi connectivity index (χ0n) is 13.4. The highest BCUT2D eigenvalue weighted by Gasteiger charge is 2.20. The minimum Gasteiger partial charge on any atom is -0.490 e. The van der Waals surface area contributed by atoms with Gasteiger partial charge in [0.1, 0.15) is 11.9 Å². The number of ether oxygens (including phenoxy) is 1. The van der Waals surface area contributed by atoms with Crippen molar-refractivity contribution < 1.29 is 4.74 Å².